The van der Waals surface area contributed by atoms with E-state index in [2.05, 4.69) is 97.0 Å². The standard InChI is InChI=1S/C23H38OSi/c1-8-9-10-11-15-18-23(22-16-13-12-14-17-22)24-25(19(2)3,20(4)5)21(6)7/h8-9,12-14,16-21H,10-11,15H2,1-7H3/b9-8+,23-18-. The number of rotatable bonds is 10. The summed E-state index contributed by atoms with van der Waals surface area (Å²) < 4.78 is 7.00. The Balaban J connectivity index is 3.15. The first-order valence-corrected chi connectivity index (χ1v) is 12.1. The molecule has 0 bridgehead atoms. The van der Waals surface area contributed by atoms with Crippen molar-refractivity contribution in [3.63, 3.8) is 0 Å². The van der Waals surface area contributed by atoms with E-state index < -0.39 is 8.32 Å². The number of hydrogen-bond acceptors (Lipinski definition) is 1. The summed E-state index contributed by atoms with van der Waals surface area (Å²) in [4.78, 5) is 0. The van der Waals surface area contributed by atoms with Crippen LogP contribution in [0.1, 0.15) is 73.3 Å². The molecule has 0 saturated heterocycles. The maximum absolute atomic E-state index is 7.00. The molecule has 1 nitrogen and oxygen atoms in total. The van der Waals surface area contributed by atoms with Crippen LogP contribution in [0.3, 0.4) is 0 Å². The van der Waals surface area contributed by atoms with E-state index in [1.54, 1.807) is 0 Å². The van der Waals surface area contributed by atoms with Crippen LogP contribution in [0.5, 0.6) is 0 Å². The second-order valence-electron chi connectivity index (χ2n) is 7.85. The number of allylic oxidation sites excluding steroid dienone is 3. The molecular weight excluding hydrogens is 320 g/mol. The second-order valence-corrected chi connectivity index (χ2v) is 13.2. The van der Waals surface area contributed by atoms with E-state index in [0.717, 1.165) is 18.6 Å². The van der Waals surface area contributed by atoms with E-state index in [-0.39, 0.29) is 0 Å². The van der Waals surface area contributed by atoms with Gasteiger partial charge in [0, 0.05) is 5.56 Å². The molecule has 140 valence electrons. The van der Waals surface area contributed by atoms with E-state index in [1.165, 1.54) is 12.0 Å². The molecule has 1 aromatic carbocycles. The van der Waals surface area contributed by atoms with Gasteiger partial charge in [-0.2, -0.15) is 0 Å². The molecule has 0 fully saturated rings. The second kappa shape index (κ2) is 10.7. The zero-order chi connectivity index (χ0) is 18.9. The third-order valence-electron chi connectivity index (χ3n) is 5.19. The normalized spacial score (nSPS) is 13.4. The molecular formula is C23H38OSi. The lowest BCUT2D eigenvalue weighted by atomic mass is 10.1. The van der Waals surface area contributed by atoms with Crippen LogP contribution in [0.4, 0.5) is 0 Å². The van der Waals surface area contributed by atoms with Crippen LogP contribution >= 0.6 is 0 Å². The summed E-state index contributed by atoms with van der Waals surface area (Å²) >= 11 is 0. The van der Waals surface area contributed by atoms with Gasteiger partial charge in [-0.25, -0.2) is 0 Å². The van der Waals surface area contributed by atoms with E-state index in [0.29, 0.717) is 16.6 Å². The number of hydrogen-bond donors (Lipinski definition) is 0. The summed E-state index contributed by atoms with van der Waals surface area (Å²) in [6.07, 6.45) is 10.1. The fraction of sp³-hybridized carbons (Fsp3) is 0.565. The molecule has 0 saturated carbocycles. The fourth-order valence-corrected chi connectivity index (χ4v) is 9.29. The van der Waals surface area contributed by atoms with Crippen molar-refractivity contribution in [2.24, 2.45) is 0 Å². The third-order valence-corrected chi connectivity index (χ3v) is 11.2. The van der Waals surface area contributed by atoms with E-state index in [9.17, 15) is 0 Å². The Morgan fingerprint density at radius 2 is 1.48 bits per heavy atom. The van der Waals surface area contributed by atoms with Crippen molar-refractivity contribution < 1.29 is 4.43 Å². The van der Waals surface area contributed by atoms with Gasteiger partial charge in [-0.15, -0.1) is 0 Å². The van der Waals surface area contributed by atoms with Crippen LogP contribution in [-0.4, -0.2) is 8.32 Å². The lowest BCUT2D eigenvalue weighted by Gasteiger charge is -2.43. The van der Waals surface area contributed by atoms with Crippen LogP contribution in [-0.2, 0) is 4.43 Å². The van der Waals surface area contributed by atoms with Crippen molar-refractivity contribution in [1.29, 1.82) is 0 Å². The first-order valence-electron chi connectivity index (χ1n) is 9.91. The monoisotopic (exact) mass is 358 g/mol. The van der Waals surface area contributed by atoms with Crippen LogP contribution in [0.25, 0.3) is 5.76 Å². The highest BCUT2D eigenvalue weighted by Crippen LogP contribution is 2.45. The molecule has 2 heteroatoms. The largest absolute Gasteiger partial charge is 0.543 e. The lowest BCUT2D eigenvalue weighted by molar-refractivity contribution is 0.442. The molecule has 0 heterocycles. The predicted molar refractivity (Wildman–Crippen MR) is 115 cm³/mol. The highest BCUT2D eigenvalue weighted by Gasteiger charge is 2.47. The summed E-state index contributed by atoms with van der Waals surface area (Å²) in [5.74, 6) is 1.10. The summed E-state index contributed by atoms with van der Waals surface area (Å²) in [5, 5.41) is 0. The quantitative estimate of drug-likeness (QED) is 0.178. The van der Waals surface area contributed by atoms with Gasteiger partial charge in [-0.3, -0.25) is 0 Å². The van der Waals surface area contributed by atoms with E-state index >= 15 is 0 Å². The van der Waals surface area contributed by atoms with Crippen LogP contribution in [0, 0.1) is 0 Å². The van der Waals surface area contributed by atoms with Crippen molar-refractivity contribution >= 4 is 14.1 Å². The Labute approximate surface area is 157 Å². The number of unbranched alkanes of at least 4 members (excludes halogenated alkanes) is 2. The molecule has 0 N–H and O–H groups in total. The molecule has 0 aromatic heterocycles. The van der Waals surface area contributed by atoms with E-state index in [4.69, 9.17) is 4.43 Å². The van der Waals surface area contributed by atoms with Gasteiger partial charge in [-0.1, -0.05) is 84.0 Å². The Kier molecular flexibility index (Phi) is 9.27. The average Bonchev–Trinajstić information content (AvgIpc) is 2.57. The van der Waals surface area contributed by atoms with Crippen LogP contribution in [0.2, 0.25) is 16.6 Å². The highest BCUT2D eigenvalue weighted by atomic mass is 28.4. The summed E-state index contributed by atoms with van der Waals surface area (Å²) in [5.41, 5.74) is 2.97. The van der Waals surface area contributed by atoms with Crippen molar-refractivity contribution in [1.82, 2.24) is 0 Å². The first-order chi connectivity index (χ1) is 11.9. The fourth-order valence-electron chi connectivity index (χ4n) is 4.00. The van der Waals surface area contributed by atoms with Gasteiger partial charge in [0.05, 0.1) is 0 Å². The van der Waals surface area contributed by atoms with Crippen molar-refractivity contribution in [2.75, 3.05) is 0 Å². The Hall–Kier alpha value is -1.28. The zero-order valence-corrected chi connectivity index (χ0v) is 18.4. The molecule has 1 aromatic rings. The van der Waals surface area contributed by atoms with Crippen LogP contribution in [0.15, 0.2) is 48.6 Å². The molecule has 0 amide bonds. The minimum Gasteiger partial charge on any atom is -0.543 e. The molecule has 0 aliphatic heterocycles. The Morgan fingerprint density at radius 3 is 1.96 bits per heavy atom. The van der Waals surface area contributed by atoms with Gasteiger partial charge in [0.25, 0.3) is 8.32 Å². The van der Waals surface area contributed by atoms with Gasteiger partial charge in [0.15, 0.2) is 0 Å². The minimum absolute atomic E-state index is 0.586. The molecule has 0 unspecified atom stereocenters. The molecule has 0 aliphatic carbocycles. The maximum Gasteiger partial charge on any atom is 0.258 e. The topological polar surface area (TPSA) is 9.23 Å². The molecule has 0 spiro atoms. The molecule has 0 atom stereocenters. The molecule has 25 heavy (non-hydrogen) atoms. The van der Waals surface area contributed by atoms with Crippen molar-refractivity contribution in [2.45, 2.75) is 84.4 Å². The average molecular weight is 359 g/mol. The molecule has 1 rings (SSSR count). The lowest BCUT2D eigenvalue weighted by Crippen LogP contribution is -2.47. The smallest absolute Gasteiger partial charge is 0.258 e. The molecule has 0 radical (unpaired) electrons. The Bertz CT molecular complexity index is 519. The highest BCUT2D eigenvalue weighted by molar-refractivity contribution is 6.78. The predicted octanol–water partition coefficient (Wildman–Crippen LogP) is 7.97. The number of benzene rings is 1. The van der Waals surface area contributed by atoms with Crippen molar-refractivity contribution in [3.05, 3.63) is 54.1 Å². The van der Waals surface area contributed by atoms with Crippen LogP contribution < -0.4 is 0 Å². The van der Waals surface area contributed by atoms with Crippen molar-refractivity contribution in [3.8, 4) is 0 Å². The summed E-state index contributed by atoms with van der Waals surface area (Å²) in [6.45, 7) is 16.2. The minimum atomic E-state index is -1.93. The van der Waals surface area contributed by atoms with Gasteiger partial charge in [0.1, 0.15) is 5.76 Å². The van der Waals surface area contributed by atoms with Gasteiger partial charge in [0.2, 0.25) is 0 Å². The van der Waals surface area contributed by atoms with E-state index in [1.807, 2.05) is 0 Å². The SMILES string of the molecule is C/C=C/CCC/C=C(\O[Si](C(C)C)(C(C)C)C(C)C)c1ccccc1. The van der Waals surface area contributed by atoms with Gasteiger partial charge < -0.3 is 4.43 Å². The van der Waals surface area contributed by atoms with Gasteiger partial charge in [-0.05, 0) is 48.9 Å². The summed E-state index contributed by atoms with van der Waals surface area (Å²) in [6, 6.07) is 10.6. The maximum atomic E-state index is 7.00. The Morgan fingerprint density at radius 1 is 0.920 bits per heavy atom. The molecule has 0 aliphatic rings. The zero-order valence-electron chi connectivity index (χ0n) is 17.4. The third kappa shape index (κ3) is 5.88. The van der Waals surface area contributed by atoms with Gasteiger partial charge >= 0.3 is 0 Å². The first kappa shape index (κ1) is 21.8. The summed E-state index contributed by atoms with van der Waals surface area (Å²) in [7, 11) is -1.93.